The van der Waals surface area contributed by atoms with Crippen LogP contribution in [0.5, 0.6) is 0 Å². The number of allylic oxidation sites excluding steroid dienone is 1. The molecule has 0 saturated carbocycles. The lowest BCUT2D eigenvalue weighted by Crippen LogP contribution is -2.49. The number of thioether (sulfide) groups is 1. The van der Waals surface area contributed by atoms with Crippen molar-refractivity contribution in [3.63, 3.8) is 0 Å². The van der Waals surface area contributed by atoms with E-state index in [1.54, 1.807) is 0 Å². The van der Waals surface area contributed by atoms with E-state index in [1.807, 2.05) is 29.2 Å². The molecule has 0 spiro atoms. The van der Waals surface area contributed by atoms with Crippen molar-refractivity contribution in [1.82, 2.24) is 4.98 Å². The number of oxazole rings is 1. The van der Waals surface area contributed by atoms with Gasteiger partial charge in [-0.15, -0.1) is 0 Å². The number of anilines is 1. The Kier molecular flexibility index (Phi) is 7.42. The molecule has 0 atom stereocenters. The van der Waals surface area contributed by atoms with Gasteiger partial charge in [-0.2, -0.15) is 0 Å². The van der Waals surface area contributed by atoms with Crippen LogP contribution in [-0.2, 0) is 10.2 Å². The first-order valence-corrected chi connectivity index (χ1v) is 16.2. The zero-order chi connectivity index (χ0) is 31.0. The van der Waals surface area contributed by atoms with Crippen LogP contribution in [-0.4, -0.2) is 22.2 Å². The molecular formula is C40H34N2O2S. The minimum atomic E-state index is -0.566. The van der Waals surface area contributed by atoms with Crippen molar-refractivity contribution in [2.45, 2.75) is 36.9 Å². The Hall–Kier alpha value is -4.87. The Morgan fingerprint density at radius 2 is 1.31 bits per heavy atom. The maximum absolute atomic E-state index is 14.0. The van der Waals surface area contributed by atoms with Crippen LogP contribution in [0.15, 0.2) is 149 Å². The minimum absolute atomic E-state index is 0.00504. The summed E-state index contributed by atoms with van der Waals surface area (Å²) in [6.45, 7) is 6.34. The summed E-state index contributed by atoms with van der Waals surface area (Å²) in [7, 11) is 0. The Bertz CT molecular complexity index is 1880. The zero-order valence-corrected chi connectivity index (χ0v) is 26.4. The molecular weight excluding hydrogens is 573 g/mol. The van der Waals surface area contributed by atoms with Gasteiger partial charge in [-0.3, -0.25) is 4.79 Å². The molecule has 7 rings (SSSR count). The summed E-state index contributed by atoms with van der Waals surface area (Å²) in [5.74, 6) is 0.220. The molecule has 222 valence electrons. The number of carbonyl (C=O) groups is 1. The molecule has 4 nitrogen and oxygen atoms in total. The minimum Gasteiger partial charge on any atom is -0.431 e. The van der Waals surface area contributed by atoms with Crippen molar-refractivity contribution < 1.29 is 9.21 Å². The molecule has 0 bridgehead atoms. The highest BCUT2D eigenvalue weighted by atomic mass is 32.2. The SMILES string of the molecule is CC1=CC(C)(C)N(C(=O)CSc2nc3ccccc3o2)c2ccc(C(c3ccccc3)(c3ccccc3)c3ccccc3)cc21. The third-order valence-electron chi connectivity index (χ3n) is 8.70. The first-order valence-electron chi connectivity index (χ1n) is 15.2. The molecule has 1 aromatic heterocycles. The van der Waals surface area contributed by atoms with Gasteiger partial charge < -0.3 is 9.32 Å². The number of nitrogens with zero attached hydrogens (tertiary/aromatic N) is 2. The lowest BCUT2D eigenvalue weighted by molar-refractivity contribution is -0.116. The molecule has 2 heterocycles. The predicted octanol–water partition coefficient (Wildman–Crippen LogP) is 9.53. The van der Waals surface area contributed by atoms with Crippen LogP contribution in [0.2, 0.25) is 0 Å². The van der Waals surface area contributed by atoms with Crippen molar-refractivity contribution in [3.05, 3.63) is 167 Å². The van der Waals surface area contributed by atoms with E-state index in [9.17, 15) is 4.79 Å². The van der Waals surface area contributed by atoms with Gasteiger partial charge in [0.25, 0.3) is 5.22 Å². The molecule has 0 saturated heterocycles. The summed E-state index contributed by atoms with van der Waals surface area (Å²) < 4.78 is 5.89. The van der Waals surface area contributed by atoms with Gasteiger partial charge in [0.15, 0.2) is 5.58 Å². The number of amides is 1. The molecule has 5 aromatic carbocycles. The first-order chi connectivity index (χ1) is 21.9. The van der Waals surface area contributed by atoms with Gasteiger partial charge in [0.05, 0.1) is 22.4 Å². The van der Waals surface area contributed by atoms with E-state index < -0.39 is 11.0 Å². The maximum Gasteiger partial charge on any atom is 0.257 e. The Labute approximate surface area is 268 Å². The van der Waals surface area contributed by atoms with Crippen molar-refractivity contribution in [2.75, 3.05) is 10.7 Å². The van der Waals surface area contributed by atoms with Gasteiger partial charge in [-0.25, -0.2) is 4.98 Å². The summed E-state index contributed by atoms with van der Waals surface area (Å²) >= 11 is 1.33. The van der Waals surface area contributed by atoms with Crippen molar-refractivity contribution in [3.8, 4) is 0 Å². The second kappa shape index (κ2) is 11.6. The van der Waals surface area contributed by atoms with Crippen LogP contribution >= 0.6 is 11.8 Å². The molecule has 0 unspecified atom stereocenters. The summed E-state index contributed by atoms with van der Waals surface area (Å²) in [6, 6.07) is 46.4. The third kappa shape index (κ3) is 5.07. The lowest BCUT2D eigenvalue weighted by atomic mass is 9.64. The average molecular weight is 607 g/mol. The Balaban J connectivity index is 1.34. The van der Waals surface area contributed by atoms with Gasteiger partial charge in [-0.1, -0.05) is 127 Å². The van der Waals surface area contributed by atoms with Gasteiger partial charge in [0.1, 0.15) is 5.52 Å². The summed E-state index contributed by atoms with van der Waals surface area (Å²) in [4.78, 5) is 20.5. The van der Waals surface area contributed by atoms with E-state index in [1.165, 1.54) is 28.5 Å². The summed E-state index contributed by atoms with van der Waals surface area (Å²) in [5.41, 5.74) is 8.25. The van der Waals surface area contributed by atoms with Crippen LogP contribution < -0.4 is 4.90 Å². The smallest absolute Gasteiger partial charge is 0.257 e. The molecule has 6 aromatic rings. The van der Waals surface area contributed by atoms with E-state index in [-0.39, 0.29) is 11.7 Å². The Morgan fingerprint density at radius 1 is 0.756 bits per heavy atom. The van der Waals surface area contributed by atoms with Crippen LogP contribution in [0.4, 0.5) is 5.69 Å². The molecule has 0 fully saturated rings. The monoisotopic (exact) mass is 606 g/mol. The van der Waals surface area contributed by atoms with Gasteiger partial charge in [-0.05, 0) is 72.9 Å². The third-order valence-corrected chi connectivity index (χ3v) is 9.52. The predicted molar refractivity (Wildman–Crippen MR) is 185 cm³/mol. The molecule has 5 heteroatoms. The number of benzene rings is 5. The van der Waals surface area contributed by atoms with Crippen molar-refractivity contribution >= 4 is 40.0 Å². The van der Waals surface area contributed by atoms with Crippen LogP contribution in [0.1, 0.15) is 48.6 Å². The largest absolute Gasteiger partial charge is 0.431 e. The number of para-hydroxylation sites is 2. The fourth-order valence-corrected chi connectivity index (χ4v) is 7.57. The van der Waals surface area contributed by atoms with E-state index >= 15 is 0 Å². The highest BCUT2D eigenvalue weighted by Gasteiger charge is 2.41. The van der Waals surface area contributed by atoms with E-state index in [0.29, 0.717) is 5.22 Å². The molecule has 0 N–H and O–H groups in total. The molecule has 45 heavy (non-hydrogen) atoms. The number of fused-ring (bicyclic) bond motifs is 2. The van der Waals surface area contributed by atoms with Crippen LogP contribution in [0.25, 0.3) is 16.7 Å². The fourth-order valence-electron chi connectivity index (χ4n) is 6.88. The summed E-state index contributed by atoms with van der Waals surface area (Å²) in [6.07, 6.45) is 2.20. The zero-order valence-electron chi connectivity index (χ0n) is 25.6. The van der Waals surface area contributed by atoms with Gasteiger partial charge in [0.2, 0.25) is 5.91 Å². The van der Waals surface area contributed by atoms with Crippen molar-refractivity contribution in [1.29, 1.82) is 0 Å². The molecule has 1 aliphatic rings. The normalized spacial score (nSPS) is 14.2. The number of aromatic nitrogens is 1. The number of carbonyl (C=O) groups excluding carboxylic acids is 1. The molecule has 0 aliphatic carbocycles. The van der Waals surface area contributed by atoms with Crippen molar-refractivity contribution in [2.24, 2.45) is 0 Å². The second-order valence-corrected chi connectivity index (χ2v) is 13.0. The average Bonchev–Trinajstić information content (AvgIpc) is 3.49. The lowest BCUT2D eigenvalue weighted by Gasteiger charge is -2.43. The quantitative estimate of drug-likeness (QED) is 0.134. The van der Waals surface area contributed by atoms with Crippen LogP contribution in [0, 0.1) is 0 Å². The highest BCUT2D eigenvalue weighted by Crippen LogP contribution is 2.48. The number of rotatable bonds is 7. The highest BCUT2D eigenvalue weighted by molar-refractivity contribution is 7.99. The van der Waals surface area contributed by atoms with E-state index in [2.05, 4.69) is 141 Å². The second-order valence-electron chi connectivity index (χ2n) is 12.0. The van der Waals surface area contributed by atoms with E-state index in [0.717, 1.165) is 33.5 Å². The van der Waals surface area contributed by atoms with Gasteiger partial charge >= 0.3 is 0 Å². The molecule has 0 radical (unpaired) electrons. The summed E-state index contributed by atoms with van der Waals surface area (Å²) in [5, 5.41) is 0.500. The molecule has 1 aliphatic heterocycles. The molecule has 1 amide bonds. The van der Waals surface area contributed by atoms with Gasteiger partial charge in [0, 0.05) is 5.56 Å². The number of hydrogen-bond acceptors (Lipinski definition) is 4. The maximum atomic E-state index is 14.0. The Morgan fingerprint density at radius 3 is 1.89 bits per heavy atom. The van der Waals surface area contributed by atoms with E-state index in [4.69, 9.17) is 4.42 Å². The number of hydrogen-bond donors (Lipinski definition) is 0. The fraction of sp³-hybridized carbons (Fsp3) is 0.150. The topological polar surface area (TPSA) is 46.3 Å². The standard InChI is InChI=1S/C40H34N2O2S/c1-28-26-39(2,3)42(37(43)27-45-38-41-34-21-13-14-22-36(34)44-38)35-24-23-32(25-33(28)35)40(29-15-7-4-8-16-29,30-17-9-5-10-18-30)31-19-11-6-12-20-31/h4-26H,27H2,1-3H3. The first kappa shape index (κ1) is 28.9. The van der Waals surface area contributed by atoms with Crippen LogP contribution in [0.3, 0.4) is 0 Å².